The number of benzene rings is 1. The van der Waals surface area contributed by atoms with E-state index in [4.69, 9.17) is 0 Å². The molecule has 0 spiro atoms. The number of fused-ring (bicyclic) bond motifs is 1. The zero-order valence-corrected chi connectivity index (χ0v) is 12.2. The maximum Gasteiger partial charge on any atom is 0.244 e. The van der Waals surface area contributed by atoms with E-state index in [0.29, 0.717) is 17.8 Å². The fourth-order valence-corrected chi connectivity index (χ4v) is 4.71. The van der Waals surface area contributed by atoms with E-state index in [0.717, 1.165) is 0 Å². The summed E-state index contributed by atoms with van der Waals surface area (Å²) in [5.74, 6) is -0.345. The van der Waals surface area contributed by atoms with Crippen molar-refractivity contribution in [3.05, 3.63) is 24.3 Å². The lowest BCUT2D eigenvalue weighted by Crippen LogP contribution is -2.42. The average Bonchev–Trinajstić information content (AvgIpc) is 2.76. The molecule has 0 radical (unpaired) electrons. The molecule has 1 N–H and O–H groups in total. The van der Waals surface area contributed by atoms with Gasteiger partial charge in [-0.05, 0) is 24.5 Å². The molecule has 3 rings (SSSR count). The van der Waals surface area contributed by atoms with E-state index in [1.165, 1.54) is 4.90 Å². The zero-order chi connectivity index (χ0) is 15.0. The Kier molecular flexibility index (Phi) is 3.44. The molecule has 0 saturated carbocycles. The molecule has 2 aliphatic heterocycles. The van der Waals surface area contributed by atoms with Gasteiger partial charge < -0.3 is 10.2 Å². The van der Waals surface area contributed by atoms with Crippen molar-refractivity contribution in [3.63, 3.8) is 0 Å². The van der Waals surface area contributed by atoms with Crippen LogP contribution in [0.25, 0.3) is 0 Å². The number of carbonyl (C=O) groups excluding carboxylic acids is 2. The minimum atomic E-state index is -2.99. The fraction of sp³-hybridized carbons (Fsp3) is 0.429. The molecule has 1 fully saturated rings. The van der Waals surface area contributed by atoms with E-state index < -0.39 is 9.84 Å². The van der Waals surface area contributed by atoms with Crippen LogP contribution >= 0.6 is 0 Å². The highest BCUT2D eigenvalue weighted by molar-refractivity contribution is 7.91. The number of para-hydroxylation sites is 2. The molecular weight excluding hydrogens is 292 g/mol. The van der Waals surface area contributed by atoms with Crippen LogP contribution in [-0.4, -0.2) is 38.3 Å². The summed E-state index contributed by atoms with van der Waals surface area (Å²) in [7, 11) is -2.99. The van der Waals surface area contributed by atoms with Gasteiger partial charge in [0.15, 0.2) is 9.84 Å². The van der Waals surface area contributed by atoms with Crippen LogP contribution in [0.4, 0.5) is 11.4 Å². The summed E-state index contributed by atoms with van der Waals surface area (Å²) < 4.78 is 22.9. The molecular formula is C14H16N2O4S. The second-order valence-corrected chi connectivity index (χ2v) is 7.75. The molecule has 6 nitrogen and oxygen atoms in total. The molecule has 7 heteroatoms. The van der Waals surface area contributed by atoms with Crippen LogP contribution in [-0.2, 0) is 19.4 Å². The van der Waals surface area contributed by atoms with Crippen LogP contribution < -0.4 is 10.2 Å². The lowest BCUT2D eigenvalue weighted by atomic mass is 10.0. The molecule has 2 aliphatic rings. The number of rotatable bonds is 2. The van der Waals surface area contributed by atoms with Crippen LogP contribution in [0.2, 0.25) is 0 Å². The number of anilines is 2. The van der Waals surface area contributed by atoms with Gasteiger partial charge in [-0.15, -0.1) is 0 Å². The van der Waals surface area contributed by atoms with Crippen molar-refractivity contribution < 1.29 is 18.0 Å². The van der Waals surface area contributed by atoms with E-state index in [9.17, 15) is 18.0 Å². The van der Waals surface area contributed by atoms with E-state index in [-0.39, 0.29) is 42.2 Å². The lowest BCUT2D eigenvalue weighted by Gasteiger charge is -2.29. The summed E-state index contributed by atoms with van der Waals surface area (Å²) in [6.45, 7) is -0.0185. The minimum absolute atomic E-state index is 0.0185. The summed E-state index contributed by atoms with van der Waals surface area (Å²) in [5.41, 5.74) is 1.28. The van der Waals surface area contributed by atoms with Gasteiger partial charge in [-0.25, -0.2) is 8.42 Å². The van der Waals surface area contributed by atoms with Gasteiger partial charge >= 0.3 is 0 Å². The molecule has 1 aromatic rings. The fourth-order valence-electron chi connectivity index (χ4n) is 2.85. The lowest BCUT2D eigenvalue weighted by molar-refractivity contribution is -0.122. The zero-order valence-electron chi connectivity index (χ0n) is 11.4. The third kappa shape index (κ3) is 2.92. The van der Waals surface area contributed by atoms with E-state index >= 15 is 0 Å². The number of carbonyl (C=O) groups is 2. The summed E-state index contributed by atoms with van der Waals surface area (Å²) >= 11 is 0. The number of nitrogens with one attached hydrogen (secondary N) is 1. The highest BCUT2D eigenvalue weighted by Gasteiger charge is 2.33. The van der Waals surface area contributed by atoms with Gasteiger partial charge in [0.2, 0.25) is 11.8 Å². The SMILES string of the molecule is O=C1CN(C(=O)CC2CCS(=O)(=O)C2)c2ccccc2N1. The van der Waals surface area contributed by atoms with Gasteiger partial charge in [-0.2, -0.15) is 0 Å². The normalized spacial score (nSPS) is 23.5. The molecule has 21 heavy (non-hydrogen) atoms. The van der Waals surface area contributed by atoms with Crippen LogP contribution in [0.15, 0.2) is 24.3 Å². The third-order valence-electron chi connectivity index (χ3n) is 3.86. The Morgan fingerprint density at radius 1 is 1.33 bits per heavy atom. The Morgan fingerprint density at radius 3 is 2.81 bits per heavy atom. The van der Waals surface area contributed by atoms with Crippen molar-refractivity contribution in [1.82, 2.24) is 0 Å². The van der Waals surface area contributed by atoms with Crippen LogP contribution in [0, 0.1) is 5.92 Å². The van der Waals surface area contributed by atoms with Crippen molar-refractivity contribution in [2.24, 2.45) is 5.92 Å². The van der Waals surface area contributed by atoms with Gasteiger partial charge in [0.1, 0.15) is 6.54 Å². The number of hydrogen-bond donors (Lipinski definition) is 1. The molecule has 1 aromatic carbocycles. The second-order valence-electron chi connectivity index (χ2n) is 5.52. The quantitative estimate of drug-likeness (QED) is 0.876. The van der Waals surface area contributed by atoms with E-state index in [2.05, 4.69) is 5.32 Å². The number of sulfone groups is 1. The van der Waals surface area contributed by atoms with Crippen LogP contribution in [0.5, 0.6) is 0 Å². The van der Waals surface area contributed by atoms with Gasteiger partial charge in [0.25, 0.3) is 0 Å². The predicted molar refractivity (Wildman–Crippen MR) is 78.8 cm³/mol. The summed E-state index contributed by atoms with van der Waals surface area (Å²) in [6.07, 6.45) is 0.691. The summed E-state index contributed by atoms with van der Waals surface area (Å²) in [4.78, 5) is 25.5. The summed E-state index contributed by atoms with van der Waals surface area (Å²) in [6, 6.07) is 7.11. The van der Waals surface area contributed by atoms with Crippen molar-refractivity contribution in [1.29, 1.82) is 0 Å². The Labute approximate surface area is 123 Å². The molecule has 112 valence electrons. The highest BCUT2D eigenvalue weighted by atomic mass is 32.2. The molecule has 0 aromatic heterocycles. The first-order chi connectivity index (χ1) is 9.94. The molecule has 1 unspecified atom stereocenters. The van der Waals surface area contributed by atoms with Crippen LogP contribution in [0.3, 0.4) is 0 Å². The van der Waals surface area contributed by atoms with E-state index in [1.54, 1.807) is 24.3 Å². The number of hydrogen-bond acceptors (Lipinski definition) is 4. The molecule has 2 amide bonds. The molecule has 1 atom stereocenters. The first-order valence-corrected chi connectivity index (χ1v) is 8.66. The Balaban J connectivity index is 1.78. The largest absolute Gasteiger partial charge is 0.323 e. The Morgan fingerprint density at radius 2 is 2.10 bits per heavy atom. The Hall–Kier alpha value is -1.89. The van der Waals surface area contributed by atoms with Crippen molar-refractivity contribution >= 4 is 33.0 Å². The molecule has 0 bridgehead atoms. The number of nitrogens with zero attached hydrogens (tertiary/aromatic N) is 1. The van der Waals surface area contributed by atoms with Crippen LogP contribution in [0.1, 0.15) is 12.8 Å². The first kappa shape index (κ1) is 14.1. The smallest absolute Gasteiger partial charge is 0.244 e. The highest BCUT2D eigenvalue weighted by Crippen LogP contribution is 2.31. The topological polar surface area (TPSA) is 83.6 Å². The maximum absolute atomic E-state index is 12.4. The second kappa shape index (κ2) is 5.14. The van der Waals surface area contributed by atoms with Gasteiger partial charge in [0.05, 0.1) is 22.9 Å². The summed E-state index contributed by atoms with van der Waals surface area (Å²) in [5, 5.41) is 2.72. The van der Waals surface area contributed by atoms with E-state index in [1.807, 2.05) is 0 Å². The molecule has 0 aliphatic carbocycles. The average molecular weight is 308 g/mol. The maximum atomic E-state index is 12.4. The van der Waals surface area contributed by atoms with Crippen molar-refractivity contribution in [2.75, 3.05) is 28.3 Å². The monoisotopic (exact) mass is 308 g/mol. The first-order valence-electron chi connectivity index (χ1n) is 6.84. The third-order valence-corrected chi connectivity index (χ3v) is 5.70. The van der Waals surface area contributed by atoms with Crippen molar-refractivity contribution in [3.8, 4) is 0 Å². The minimum Gasteiger partial charge on any atom is -0.323 e. The standard InChI is InChI=1S/C14H16N2O4S/c17-13-8-16(12-4-2-1-3-11(12)15-13)14(18)7-10-5-6-21(19,20)9-10/h1-4,10H,5-9H2,(H,15,17). The van der Waals surface area contributed by atoms with Crippen molar-refractivity contribution in [2.45, 2.75) is 12.8 Å². The predicted octanol–water partition coefficient (Wildman–Crippen LogP) is 0.796. The molecule has 1 saturated heterocycles. The molecule has 2 heterocycles. The van der Waals surface area contributed by atoms with Gasteiger partial charge in [-0.3, -0.25) is 9.59 Å². The number of amides is 2. The van der Waals surface area contributed by atoms with Gasteiger partial charge in [0, 0.05) is 6.42 Å². The van der Waals surface area contributed by atoms with Gasteiger partial charge in [-0.1, -0.05) is 12.1 Å². The Bertz CT molecular complexity index is 699.